The Morgan fingerprint density at radius 3 is 2.35 bits per heavy atom. The molecule has 0 aliphatic rings. The fourth-order valence-corrected chi connectivity index (χ4v) is 5.98. The van der Waals surface area contributed by atoms with E-state index in [2.05, 4.69) is 4.98 Å². The molecule has 6 nitrogen and oxygen atoms in total. The number of sulfone groups is 1. The number of carbonyl (C=O) groups excluding carboxylic acids is 1. The van der Waals surface area contributed by atoms with Gasteiger partial charge in [0.25, 0.3) is 0 Å². The van der Waals surface area contributed by atoms with Crippen LogP contribution in [0.3, 0.4) is 0 Å². The summed E-state index contributed by atoms with van der Waals surface area (Å²) in [5.41, 5.74) is 0.743. The molecule has 0 unspecified atom stereocenters. The average Bonchev–Trinajstić information content (AvgIpc) is 3.12. The maximum absolute atomic E-state index is 13.0. The van der Waals surface area contributed by atoms with E-state index in [0.717, 1.165) is 23.5 Å². The van der Waals surface area contributed by atoms with Gasteiger partial charge in [0.1, 0.15) is 10.8 Å². The third-order valence-corrected chi connectivity index (χ3v) is 7.86. The lowest BCUT2D eigenvalue weighted by Crippen LogP contribution is -2.15. The van der Waals surface area contributed by atoms with Crippen molar-refractivity contribution in [2.45, 2.75) is 37.6 Å². The topological polar surface area (TPSA) is 82.6 Å². The highest BCUT2D eigenvalue weighted by Crippen LogP contribution is 2.34. The summed E-state index contributed by atoms with van der Waals surface area (Å²) in [4.78, 5) is 16.4. The fourth-order valence-electron chi connectivity index (χ4n) is 3.06. The molecule has 0 radical (unpaired) electrons. The molecule has 1 heterocycles. The van der Waals surface area contributed by atoms with Crippen LogP contribution in [0, 0.1) is 13.8 Å². The lowest BCUT2D eigenvalue weighted by Gasteiger charge is -2.10. The van der Waals surface area contributed by atoms with Crippen molar-refractivity contribution in [1.82, 2.24) is 4.98 Å². The first-order valence-electron chi connectivity index (χ1n) is 10.2. The lowest BCUT2D eigenvalue weighted by molar-refractivity contribution is -0.145. The predicted molar refractivity (Wildman–Crippen MR) is 121 cm³/mol. The van der Waals surface area contributed by atoms with E-state index in [-0.39, 0.29) is 23.9 Å². The number of esters is 1. The van der Waals surface area contributed by atoms with Crippen molar-refractivity contribution in [3.05, 3.63) is 64.2 Å². The highest BCUT2D eigenvalue weighted by Gasteiger charge is 2.30. The number of carbonyl (C=O) groups is 1. The van der Waals surface area contributed by atoms with Gasteiger partial charge < -0.3 is 9.47 Å². The van der Waals surface area contributed by atoms with E-state index in [4.69, 9.17) is 9.47 Å². The Bertz CT molecular complexity index is 1280. The summed E-state index contributed by atoms with van der Waals surface area (Å²) in [6.45, 7) is 4.95. The number of hydrogen-bond acceptors (Lipinski definition) is 7. The summed E-state index contributed by atoms with van der Waals surface area (Å²) < 4.78 is 74.6. The molecule has 0 N–H and O–H groups in total. The van der Waals surface area contributed by atoms with Gasteiger partial charge in [-0.25, -0.2) is 18.2 Å². The van der Waals surface area contributed by atoms with Gasteiger partial charge in [0.15, 0.2) is 16.4 Å². The van der Waals surface area contributed by atoms with E-state index in [1.165, 1.54) is 30.3 Å². The molecule has 0 fully saturated rings. The highest BCUT2D eigenvalue weighted by molar-refractivity contribution is 7.90. The first-order chi connectivity index (χ1) is 15.9. The molecule has 0 aliphatic heterocycles. The molecular weight excluding hydrogens is 491 g/mol. The van der Waals surface area contributed by atoms with Crippen molar-refractivity contribution in [2.75, 3.05) is 13.2 Å². The summed E-state index contributed by atoms with van der Waals surface area (Å²) in [5, 5.41) is 0.440. The molecule has 3 rings (SSSR count). The number of ether oxygens (including phenoxy) is 2. The smallest absolute Gasteiger partial charge is 0.416 e. The Kier molecular flexibility index (Phi) is 7.67. The second kappa shape index (κ2) is 10.1. The van der Waals surface area contributed by atoms with Crippen molar-refractivity contribution in [3.63, 3.8) is 0 Å². The molecule has 0 amide bonds. The number of alkyl halides is 3. The van der Waals surface area contributed by atoms with Gasteiger partial charge in [0.2, 0.25) is 0 Å². The molecule has 3 aromatic rings. The van der Waals surface area contributed by atoms with Crippen molar-refractivity contribution in [3.8, 4) is 16.3 Å². The molecular formula is C23H22F3NO5S2. The van der Waals surface area contributed by atoms with E-state index in [1.54, 1.807) is 20.8 Å². The molecule has 1 aromatic heterocycles. The summed E-state index contributed by atoms with van der Waals surface area (Å²) in [7, 11) is -3.74. The number of benzene rings is 2. The van der Waals surface area contributed by atoms with Gasteiger partial charge in [0, 0.05) is 10.4 Å². The second-order valence-corrected chi connectivity index (χ2v) is 10.5. The van der Waals surface area contributed by atoms with Crippen molar-refractivity contribution in [2.24, 2.45) is 0 Å². The zero-order valence-electron chi connectivity index (χ0n) is 18.6. The van der Waals surface area contributed by atoms with Gasteiger partial charge >= 0.3 is 12.1 Å². The highest BCUT2D eigenvalue weighted by atomic mass is 32.2. The lowest BCUT2D eigenvalue weighted by atomic mass is 10.1. The maximum Gasteiger partial charge on any atom is 0.416 e. The van der Waals surface area contributed by atoms with Crippen LogP contribution in [0.15, 0.2) is 47.4 Å². The Hall–Kier alpha value is -2.92. The zero-order valence-corrected chi connectivity index (χ0v) is 20.2. The Labute approximate surface area is 199 Å². The number of rotatable bonds is 8. The van der Waals surface area contributed by atoms with Crippen LogP contribution in [0.2, 0.25) is 0 Å². The summed E-state index contributed by atoms with van der Waals surface area (Å²) >= 11 is 1.12. The van der Waals surface area contributed by atoms with Gasteiger partial charge in [0.05, 0.1) is 28.5 Å². The second-order valence-electron chi connectivity index (χ2n) is 7.38. The number of nitrogens with zero attached hydrogens (tertiary/aromatic N) is 1. The van der Waals surface area contributed by atoms with Gasteiger partial charge in [-0.05, 0) is 56.7 Å². The molecule has 182 valence electrons. The minimum Gasteiger partial charge on any atom is -0.482 e. The van der Waals surface area contributed by atoms with Crippen LogP contribution in [-0.4, -0.2) is 32.6 Å². The van der Waals surface area contributed by atoms with Crippen molar-refractivity contribution < 1.29 is 35.9 Å². The Balaban J connectivity index is 1.77. The number of thiazole rings is 1. The molecule has 11 heteroatoms. The van der Waals surface area contributed by atoms with E-state index >= 15 is 0 Å². The average molecular weight is 514 g/mol. The molecule has 0 saturated heterocycles. The van der Waals surface area contributed by atoms with Gasteiger partial charge in [-0.2, -0.15) is 13.2 Å². The summed E-state index contributed by atoms with van der Waals surface area (Å²) in [5.74, 6) is -0.465. The zero-order chi connectivity index (χ0) is 25.1. The third-order valence-electron chi connectivity index (χ3n) is 4.83. The van der Waals surface area contributed by atoms with Crippen LogP contribution < -0.4 is 4.74 Å². The number of hydrogen-bond donors (Lipinski definition) is 0. The van der Waals surface area contributed by atoms with Crippen molar-refractivity contribution >= 4 is 27.1 Å². The molecule has 2 aromatic carbocycles. The van der Waals surface area contributed by atoms with E-state index in [0.29, 0.717) is 32.5 Å². The monoisotopic (exact) mass is 513 g/mol. The van der Waals surface area contributed by atoms with Crippen LogP contribution in [0.5, 0.6) is 5.75 Å². The van der Waals surface area contributed by atoms with Crippen LogP contribution in [0.4, 0.5) is 13.2 Å². The number of halogens is 3. The third kappa shape index (κ3) is 6.15. The molecule has 0 bridgehead atoms. The van der Waals surface area contributed by atoms with E-state index in [9.17, 15) is 26.4 Å². The predicted octanol–water partition coefficient (Wildman–Crippen LogP) is 5.36. The first-order valence-corrected chi connectivity index (χ1v) is 12.6. The quantitative estimate of drug-likeness (QED) is 0.377. The number of aromatic nitrogens is 1. The summed E-state index contributed by atoms with van der Waals surface area (Å²) in [6.07, 6.45) is -4.44. The standard InChI is InChI=1S/C23H22F3NO5S2/c1-4-31-21(28)12-32-19-10-9-18(11-14(19)2)34(29,30)13-20-15(3)27-22(33-20)16-5-7-17(8-6-16)23(24,25)26/h5-11H,4,12-13H2,1-3H3. The SMILES string of the molecule is CCOC(=O)COc1ccc(S(=O)(=O)Cc2sc(-c3ccc(C(F)(F)F)cc3)nc2C)cc1C. The fraction of sp³-hybridized carbons (Fsp3) is 0.304. The molecule has 0 atom stereocenters. The first kappa shape index (κ1) is 25.7. The normalized spacial score (nSPS) is 11.9. The van der Waals surface area contributed by atoms with Gasteiger partial charge in [-0.1, -0.05) is 12.1 Å². The Morgan fingerprint density at radius 2 is 1.76 bits per heavy atom. The van der Waals surface area contributed by atoms with Gasteiger partial charge in [-0.3, -0.25) is 0 Å². The summed E-state index contributed by atoms with van der Waals surface area (Å²) in [6, 6.07) is 8.91. The van der Waals surface area contributed by atoms with Gasteiger partial charge in [-0.15, -0.1) is 11.3 Å². The minimum atomic E-state index is -4.44. The van der Waals surface area contributed by atoms with Crippen LogP contribution in [-0.2, 0) is 31.3 Å². The van der Waals surface area contributed by atoms with E-state index in [1.807, 2.05) is 0 Å². The number of aryl methyl sites for hydroxylation is 2. The van der Waals surface area contributed by atoms with Crippen LogP contribution in [0.25, 0.3) is 10.6 Å². The minimum absolute atomic E-state index is 0.0809. The maximum atomic E-state index is 13.0. The Morgan fingerprint density at radius 1 is 1.09 bits per heavy atom. The van der Waals surface area contributed by atoms with E-state index < -0.39 is 27.5 Å². The molecule has 0 spiro atoms. The van der Waals surface area contributed by atoms with Crippen LogP contribution in [0.1, 0.15) is 28.6 Å². The van der Waals surface area contributed by atoms with Crippen LogP contribution >= 0.6 is 11.3 Å². The largest absolute Gasteiger partial charge is 0.482 e. The molecule has 34 heavy (non-hydrogen) atoms. The molecule has 0 saturated carbocycles. The van der Waals surface area contributed by atoms with Crippen molar-refractivity contribution in [1.29, 1.82) is 0 Å². The molecule has 0 aliphatic carbocycles.